The molecule has 1 aromatic rings. The van der Waals surface area contributed by atoms with Crippen molar-refractivity contribution >= 4 is 29.2 Å². The minimum absolute atomic E-state index is 0.0273. The number of ether oxygens (including phenoxy) is 2. The summed E-state index contributed by atoms with van der Waals surface area (Å²) in [5, 5.41) is 7.96. The highest BCUT2D eigenvalue weighted by Crippen LogP contribution is 2.34. The molecule has 1 unspecified atom stereocenters. The van der Waals surface area contributed by atoms with Crippen molar-refractivity contribution in [3.8, 4) is 5.75 Å². The van der Waals surface area contributed by atoms with Crippen molar-refractivity contribution in [3.63, 3.8) is 0 Å². The van der Waals surface area contributed by atoms with Gasteiger partial charge < -0.3 is 19.5 Å². The minimum atomic E-state index is -4.81. The lowest BCUT2D eigenvalue weighted by atomic mass is 10.0. The van der Waals surface area contributed by atoms with E-state index in [0.717, 1.165) is 24.3 Å². The molecular weight excluding hydrogens is 453 g/mol. The summed E-state index contributed by atoms with van der Waals surface area (Å²) in [6, 6.07) is 1.92. The highest BCUT2D eigenvalue weighted by atomic mass is 35.5. The number of carboxylic acids is 1. The molecule has 1 saturated heterocycles. The Hall–Kier alpha value is -2.13. The first-order valence-electron chi connectivity index (χ1n) is 8.98. The molecule has 0 spiro atoms. The van der Waals surface area contributed by atoms with Crippen molar-refractivity contribution in [2.45, 2.75) is 37.1 Å². The average Bonchev–Trinajstić information content (AvgIpc) is 2.65. The normalized spacial score (nSPS) is 22.3. The fourth-order valence-corrected chi connectivity index (χ4v) is 3.84. The van der Waals surface area contributed by atoms with Crippen LogP contribution < -0.4 is 4.74 Å². The van der Waals surface area contributed by atoms with Gasteiger partial charge in [-0.15, -0.1) is 24.8 Å². The monoisotopic (exact) mass is 469 g/mol. The predicted octanol–water partition coefficient (Wildman–Crippen LogP) is 5.34. The number of hydrogen-bond acceptors (Lipinski definition) is 4. The number of allylic oxidation sites excluding steroid dienone is 4. The molecule has 1 heterocycles. The number of halogens is 6. The van der Waals surface area contributed by atoms with Crippen LogP contribution in [0, 0.1) is 5.82 Å². The van der Waals surface area contributed by atoms with Gasteiger partial charge in [-0.25, -0.2) is 9.18 Å². The van der Waals surface area contributed by atoms with Gasteiger partial charge in [-0.05, 0) is 31.1 Å². The lowest BCUT2D eigenvalue weighted by Gasteiger charge is -2.37. The van der Waals surface area contributed by atoms with Gasteiger partial charge in [0, 0.05) is 24.7 Å². The van der Waals surface area contributed by atoms with Crippen LogP contribution in [-0.2, 0) is 4.74 Å². The van der Waals surface area contributed by atoms with Gasteiger partial charge in [-0.3, -0.25) is 0 Å². The molecule has 3 rings (SSSR count). The number of aromatic carboxylic acids is 1. The van der Waals surface area contributed by atoms with E-state index in [1.54, 1.807) is 0 Å². The van der Waals surface area contributed by atoms with Gasteiger partial charge in [-0.2, -0.15) is 0 Å². The third-order valence-corrected chi connectivity index (χ3v) is 5.37. The maximum atomic E-state index is 13.9. The number of piperidine rings is 1. The molecule has 1 N–H and O–H groups in total. The van der Waals surface area contributed by atoms with Crippen molar-refractivity contribution in [2.24, 2.45) is 0 Å². The average molecular weight is 470 g/mol. The van der Waals surface area contributed by atoms with Gasteiger partial charge in [-0.1, -0.05) is 11.6 Å². The van der Waals surface area contributed by atoms with Gasteiger partial charge in [0.2, 0.25) is 0 Å². The van der Waals surface area contributed by atoms with Crippen LogP contribution in [0.1, 0.15) is 29.6 Å². The minimum Gasteiger partial charge on any atom is -0.487 e. The lowest BCUT2D eigenvalue weighted by molar-refractivity contribution is -0.306. The zero-order valence-corrected chi connectivity index (χ0v) is 16.9. The Morgan fingerprint density at radius 1 is 1.27 bits per heavy atom. The largest absolute Gasteiger partial charge is 0.572 e. The standard InChI is InChI=1S/C19H17Cl2F4NO4/c20-13-6-10(3-4-16(13)30-19(23,24)25)26-5-1-2-11(9-26)29-17-8-15(22)12(18(27)28)7-14(17)21/h3-4,7-8,11,13H,1-2,5-6,9H2,(H,27,28)/t11-,13?/m1/s1. The maximum Gasteiger partial charge on any atom is 0.572 e. The number of likely N-dealkylation sites (tertiary alicyclic amines) is 1. The topological polar surface area (TPSA) is 59.0 Å². The molecule has 30 heavy (non-hydrogen) atoms. The third-order valence-electron chi connectivity index (χ3n) is 4.70. The molecule has 1 fully saturated rings. The zero-order valence-electron chi connectivity index (χ0n) is 15.4. The summed E-state index contributed by atoms with van der Waals surface area (Å²) in [7, 11) is 0. The Labute approximate surface area is 179 Å². The number of carbonyl (C=O) groups is 1. The fourth-order valence-electron chi connectivity index (χ4n) is 3.36. The first kappa shape index (κ1) is 22.6. The molecule has 164 valence electrons. The summed E-state index contributed by atoms with van der Waals surface area (Å²) in [4.78, 5) is 12.9. The summed E-state index contributed by atoms with van der Waals surface area (Å²) >= 11 is 12.1. The first-order chi connectivity index (χ1) is 14.0. The molecule has 5 nitrogen and oxygen atoms in total. The van der Waals surface area contributed by atoms with E-state index in [-0.39, 0.29) is 29.1 Å². The molecule has 11 heteroatoms. The molecule has 0 saturated carbocycles. The zero-order chi connectivity index (χ0) is 22.1. The van der Waals surface area contributed by atoms with Crippen LogP contribution in [0.5, 0.6) is 5.75 Å². The predicted molar refractivity (Wildman–Crippen MR) is 101 cm³/mol. The van der Waals surface area contributed by atoms with E-state index < -0.39 is 29.1 Å². The molecule has 0 bridgehead atoms. The first-order valence-corrected chi connectivity index (χ1v) is 9.79. The molecule has 1 aromatic carbocycles. The van der Waals surface area contributed by atoms with Crippen LogP contribution in [0.2, 0.25) is 5.02 Å². The highest BCUT2D eigenvalue weighted by molar-refractivity contribution is 6.32. The van der Waals surface area contributed by atoms with Gasteiger partial charge in [0.1, 0.15) is 23.4 Å². The molecule has 2 aliphatic rings. The van der Waals surface area contributed by atoms with E-state index >= 15 is 0 Å². The van der Waals surface area contributed by atoms with E-state index in [1.165, 1.54) is 12.2 Å². The smallest absolute Gasteiger partial charge is 0.487 e. The van der Waals surface area contributed by atoms with Crippen LogP contribution in [0.3, 0.4) is 0 Å². The van der Waals surface area contributed by atoms with Crippen LogP contribution >= 0.6 is 23.2 Å². The van der Waals surface area contributed by atoms with E-state index in [9.17, 15) is 22.4 Å². The number of rotatable bonds is 5. The Balaban J connectivity index is 1.69. The van der Waals surface area contributed by atoms with Crippen LogP contribution in [-0.4, -0.2) is 46.9 Å². The molecule has 0 amide bonds. The van der Waals surface area contributed by atoms with E-state index in [4.69, 9.17) is 33.0 Å². The molecular formula is C19H17Cl2F4NO4. The van der Waals surface area contributed by atoms with E-state index in [0.29, 0.717) is 19.5 Å². The summed E-state index contributed by atoms with van der Waals surface area (Å²) in [6.07, 6.45) is -0.944. The van der Waals surface area contributed by atoms with Gasteiger partial charge >= 0.3 is 12.3 Å². The highest BCUT2D eigenvalue weighted by Gasteiger charge is 2.36. The van der Waals surface area contributed by atoms with Crippen molar-refractivity contribution < 1.29 is 36.9 Å². The quantitative estimate of drug-likeness (QED) is 0.466. The second-order valence-electron chi connectivity index (χ2n) is 6.84. The van der Waals surface area contributed by atoms with Crippen molar-refractivity contribution in [1.82, 2.24) is 4.90 Å². The Morgan fingerprint density at radius 3 is 2.63 bits per heavy atom. The maximum absolute atomic E-state index is 13.9. The Kier molecular flexibility index (Phi) is 6.71. The van der Waals surface area contributed by atoms with Gasteiger partial charge in [0.05, 0.1) is 22.5 Å². The Morgan fingerprint density at radius 2 is 2.00 bits per heavy atom. The Bertz CT molecular complexity index is 888. The molecule has 0 aromatic heterocycles. The van der Waals surface area contributed by atoms with E-state index in [1.807, 2.05) is 4.90 Å². The second kappa shape index (κ2) is 8.93. The number of alkyl halides is 4. The van der Waals surface area contributed by atoms with Crippen molar-refractivity contribution in [1.29, 1.82) is 0 Å². The van der Waals surface area contributed by atoms with E-state index in [2.05, 4.69) is 4.74 Å². The summed E-state index contributed by atoms with van der Waals surface area (Å²) in [5.41, 5.74) is 0.179. The summed E-state index contributed by atoms with van der Waals surface area (Å²) in [6.45, 7) is 1.04. The number of carboxylic acid groups (broad SMARTS) is 1. The van der Waals surface area contributed by atoms with Crippen LogP contribution in [0.15, 0.2) is 35.7 Å². The number of nitrogens with zero attached hydrogens (tertiary/aromatic N) is 1. The number of benzene rings is 1. The fraction of sp³-hybridized carbons (Fsp3) is 0.421. The number of hydrogen-bond donors (Lipinski definition) is 1. The van der Waals surface area contributed by atoms with Crippen molar-refractivity contribution in [2.75, 3.05) is 13.1 Å². The third kappa shape index (κ3) is 5.51. The molecule has 1 aliphatic carbocycles. The molecule has 0 radical (unpaired) electrons. The van der Waals surface area contributed by atoms with Crippen molar-refractivity contribution in [3.05, 3.63) is 52.1 Å². The molecule has 1 aliphatic heterocycles. The molecule has 2 atom stereocenters. The summed E-state index contributed by atoms with van der Waals surface area (Å²) < 4.78 is 60.9. The lowest BCUT2D eigenvalue weighted by Crippen LogP contribution is -2.41. The summed E-state index contributed by atoms with van der Waals surface area (Å²) in [5.74, 6) is -2.73. The van der Waals surface area contributed by atoms with Crippen LogP contribution in [0.25, 0.3) is 0 Å². The SMILES string of the molecule is O=C(O)c1cc(Cl)c(O[C@@H]2CCCN(C3=CC=C(OC(F)(F)F)C(Cl)C3)C2)cc1F. The van der Waals surface area contributed by atoms with Gasteiger partial charge in [0.15, 0.2) is 0 Å². The van der Waals surface area contributed by atoms with Gasteiger partial charge in [0.25, 0.3) is 0 Å². The van der Waals surface area contributed by atoms with Crippen LogP contribution in [0.4, 0.5) is 17.6 Å². The second-order valence-corrected chi connectivity index (χ2v) is 7.78.